The monoisotopic (exact) mass is 292 g/mol. The number of nitrogens with one attached hydrogen (secondary N) is 2. The van der Waals surface area contributed by atoms with Gasteiger partial charge in [0.2, 0.25) is 0 Å². The van der Waals surface area contributed by atoms with E-state index < -0.39 is 0 Å². The highest BCUT2D eigenvalue weighted by molar-refractivity contribution is 5.48. The second kappa shape index (κ2) is 8.17. The van der Waals surface area contributed by atoms with Crippen LogP contribution in [0.2, 0.25) is 0 Å². The molecule has 0 bridgehead atoms. The van der Waals surface area contributed by atoms with E-state index in [1.165, 1.54) is 19.3 Å². The Morgan fingerprint density at radius 2 is 2.05 bits per heavy atom. The van der Waals surface area contributed by atoms with Crippen LogP contribution in [0.3, 0.4) is 0 Å². The molecule has 1 fully saturated rings. The van der Waals surface area contributed by atoms with Crippen molar-refractivity contribution < 1.29 is 4.74 Å². The lowest BCUT2D eigenvalue weighted by Crippen LogP contribution is -2.31. The smallest absolute Gasteiger partial charge is 0.158 e. The highest BCUT2D eigenvalue weighted by atomic mass is 16.5. The van der Waals surface area contributed by atoms with Crippen LogP contribution in [0.25, 0.3) is 0 Å². The Bertz CT molecular complexity index is 408. The second-order valence-corrected chi connectivity index (χ2v) is 5.74. The molecule has 0 saturated heterocycles. The normalized spacial score (nSPS) is 16.3. The largest absolute Gasteiger partial charge is 0.374 e. The summed E-state index contributed by atoms with van der Waals surface area (Å²) in [6, 6.07) is 2.47. The van der Waals surface area contributed by atoms with Crippen LogP contribution in [-0.2, 0) is 11.3 Å². The Balaban J connectivity index is 2.05. The maximum absolute atomic E-state index is 5.44. The van der Waals surface area contributed by atoms with Crippen molar-refractivity contribution in [1.29, 1.82) is 0 Å². The number of hydrogen-bond acceptors (Lipinski definition) is 5. The van der Waals surface area contributed by atoms with Gasteiger partial charge in [0, 0.05) is 25.3 Å². The average molecular weight is 292 g/mol. The predicted octanol–water partition coefficient (Wildman–Crippen LogP) is 3.44. The first-order valence-corrected chi connectivity index (χ1v) is 8.19. The summed E-state index contributed by atoms with van der Waals surface area (Å²) in [4.78, 5) is 9.08. The number of anilines is 2. The van der Waals surface area contributed by atoms with Gasteiger partial charge in [0.1, 0.15) is 18.2 Å². The lowest BCUT2D eigenvalue weighted by atomic mass is 9.80. The molecule has 1 heterocycles. The van der Waals surface area contributed by atoms with Crippen molar-refractivity contribution in [3.8, 4) is 0 Å². The number of rotatable bonds is 9. The van der Waals surface area contributed by atoms with Crippen LogP contribution in [0.4, 0.5) is 11.6 Å². The molecule has 1 aromatic rings. The molecule has 21 heavy (non-hydrogen) atoms. The fourth-order valence-electron chi connectivity index (χ4n) is 2.46. The zero-order chi connectivity index (χ0) is 15.1. The quantitative estimate of drug-likeness (QED) is 0.730. The molecule has 1 saturated carbocycles. The fraction of sp³-hybridized carbons (Fsp3) is 0.750. The molecule has 0 aliphatic heterocycles. The van der Waals surface area contributed by atoms with Gasteiger partial charge in [-0.05, 0) is 39.0 Å². The van der Waals surface area contributed by atoms with Gasteiger partial charge in [0.15, 0.2) is 5.82 Å². The van der Waals surface area contributed by atoms with Crippen molar-refractivity contribution >= 4 is 11.6 Å². The molecular weight excluding hydrogens is 264 g/mol. The second-order valence-electron chi connectivity index (χ2n) is 5.74. The Kier molecular flexibility index (Phi) is 6.23. The summed E-state index contributed by atoms with van der Waals surface area (Å²) in [7, 11) is 0. The average Bonchev–Trinajstić information content (AvgIpc) is 2.40. The molecule has 5 heteroatoms. The van der Waals surface area contributed by atoms with Crippen molar-refractivity contribution in [2.24, 2.45) is 5.92 Å². The summed E-state index contributed by atoms with van der Waals surface area (Å²) >= 11 is 0. The molecule has 2 rings (SSSR count). The van der Waals surface area contributed by atoms with Crippen molar-refractivity contribution in [2.75, 3.05) is 23.8 Å². The van der Waals surface area contributed by atoms with Gasteiger partial charge in [-0.15, -0.1) is 0 Å². The van der Waals surface area contributed by atoms with E-state index in [0.29, 0.717) is 19.3 Å². The summed E-state index contributed by atoms with van der Waals surface area (Å²) in [6.45, 7) is 8.43. The van der Waals surface area contributed by atoms with Crippen LogP contribution < -0.4 is 10.6 Å². The van der Waals surface area contributed by atoms with Crippen molar-refractivity contribution in [1.82, 2.24) is 9.97 Å². The third-order valence-electron chi connectivity index (χ3n) is 4.00. The maximum Gasteiger partial charge on any atom is 0.158 e. The molecule has 1 atom stereocenters. The minimum absolute atomic E-state index is 0.463. The number of hydrogen-bond donors (Lipinski definition) is 2. The van der Waals surface area contributed by atoms with Crippen molar-refractivity contribution in [3.05, 3.63) is 11.9 Å². The molecular formula is C16H28N4O. The van der Waals surface area contributed by atoms with E-state index in [4.69, 9.17) is 4.74 Å². The van der Waals surface area contributed by atoms with Crippen LogP contribution in [0, 0.1) is 5.92 Å². The number of ether oxygens (including phenoxy) is 1. The van der Waals surface area contributed by atoms with Gasteiger partial charge in [-0.2, -0.15) is 0 Å². The SMILES string of the molecule is CCCNc1cc(NC(C)C2CCC2)nc(COCC)n1. The molecule has 1 unspecified atom stereocenters. The lowest BCUT2D eigenvalue weighted by molar-refractivity contribution is 0.128. The van der Waals surface area contributed by atoms with Crippen molar-refractivity contribution in [3.63, 3.8) is 0 Å². The van der Waals surface area contributed by atoms with Gasteiger partial charge >= 0.3 is 0 Å². The summed E-state index contributed by atoms with van der Waals surface area (Å²) in [6.07, 6.45) is 5.09. The standard InChI is InChI=1S/C16H28N4O/c1-4-9-17-14-10-15(18-12(3)13-7-6-8-13)20-16(19-14)11-21-5-2/h10,12-13H,4-9,11H2,1-3H3,(H2,17,18,19,20). The Morgan fingerprint density at radius 3 is 2.67 bits per heavy atom. The first-order valence-electron chi connectivity index (χ1n) is 8.19. The molecule has 5 nitrogen and oxygen atoms in total. The first kappa shape index (κ1) is 16.0. The van der Waals surface area contributed by atoms with E-state index in [-0.39, 0.29) is 0 Å². The minimum Gasteiger partial charge on any atom is -0.374 e. The molecule has 118 valence electrons. The molecule has 2 N–H and O–H groups in total. The van der Waals surface area contributed by atoms with Gasteiger partial charge < -0.3 is 15.4 Å². The summed E-state index contributed by atoms with van der Waals surface area (Å²) in [5.41, 5.74) is 0. The van der Waals surface area contributed by atoms with Crippen LogP contribution in [0.1, 0.15) is 52.3 Å². The molecule has 0 spiro atoms. The molecule has 1 aliphatic carbocycles. The van der Waals surface area contributed by atoms with Gasteiger partial charge in [-0.3, -0.25) is 0 Å². The molecule has 1 aromatic heterocycles. The summed E-state index contributed by atoms with van der Waals surface area (Å²) < 4.78 is 5.44. The van der Waals surface area contributed by atoms with E-state index in [1.807, 2.05) is 13.0 Å². The number of aromatic nitrogens is 2. The number of nitrogens with zero attached hydrogens (tertiary/aromatic N) is 2. The van der Waals surface area contributed by atoms with Gasteiger partial charge in [0.05, 0.1) is 0 Å². The summed E-state index contributed by atoms with van der Waals surface area (Å²) in [5.74, 6) is 3.30. The molecule has 0 aromatic carbocycles. The van der Waals surface area contributed by atoms with E-state index in [9.17, 15) is 0 Å². The molecule has 0 radical (unpaired) electrons. The maximum atomic E-state index is 5.44. The Hall–Kier alpha value is -1.36. The molecule has 1 aliphatic rings. The minimum atomic E-state index is 0.463. The van der Waals surface area contributed by atoms with Crippen LogP contribution in [0.5, 0.6) is 0 Å². The van der Waals surface area contributed by atoms with Crippen LogP contribution in [-0.4, -0.2) is 29.2 Å². The molecule has 0 amide bonds. The Morgan fingerprint density at radius 1 is 1.29 bits per heavy atom. The first-order chi connectivity index (χ1) is 10.2. The van der Waals surface area contributed by atoms with E-state index in [1.54, 1.807) is 0 Å². The topological polar surface area (TPSA) is 59.1 Å². The van der Waals surface area contributed by atoms with Gasteiger partial charge in [-0.25, -0.2) is 9.97 Å². The van der Waals surface area contributed by atoms with E-state index in [0.717, 1.165) is 36.3 Å². The van der Waals surface area contributed by atoms with E-state index in [2.05, 4.69) is 34.4 Å². The van der Waals surface area contributed by atoms with Crippen molar-refractivity contribution in [2.45, 2.75) is 59.1 Å². The highest BCUT2D eigenvalue weighted by Gasteiger charge is 2.24. The summed E-state index contributed by atoms with van der Waals surface area (Å²) in [5, 5.41) is 6.87. The highest BCUT2D eigenvalue weighted by Crippen LogP contribution is 2.31. The Labute approximate surface area is 127 Å². The fourth-order valence-corrected chi connectivity index (χ4v) is 2.46. The van der Waals surface area contributed by atoms with Gasteiger partial charge in [-0.1, -0.05) is 13.3 Å². The predicted molar refractivity (Wildman–Crippen MR) is 86.6 cm³/mol. The van der Waals surface area contributed by atoms with E-state index >= 15 is 0 Å². The van der Waals surface area contributed by atoms with Crippen LogP contribution in [0.15, 0.2) is 6.07 Å². The zero-order valence-electron chi connectivity index (χ0n) is 13.5. The van der Waals surface area contributed by atoms with Crippen LogP contribution >= 0.6 is 0 Å². The lowest BCUT2D eigenvalue weighted by Gasteiger charge is -2.32. The third-order valence-corrected chi connectivity index (χ3v) is 4.00. The van der Waals surface area contributed by atoms with Gasteiger partial charge in [0.25, 0.3) is 0 Å². The zero-order valence-corrected chi connectivity index (χ0v) is 13.5. The third kappa shape index (κ3) is 4.84.